The van der Waals surface area contributed by atoms with E-state index in [2.05, 4.69) is 9.80 Å². The smallest absolute Gasteiger partial charge is 0.222 e. The number of carbonyl (C=O) groups is 1. The third kappa shape index (κ3) is 5.53. The number of carbonyl (C=O) groups excluding carboxylic acids is 1. The maximum absolute atomic E-state index is 14.2. The summed E-state index contributed by atoms with van der Waals surface area (Å²) in [6, 6.07) is 12.1. The molecule has 3 aliphatic rings. The number of unbranched alkanes of at least 4 members (excludes halogenated alkanes) is 4. The lowest BCUT2D eigenvalue weighted by atomic mass is 9.88. The first-order chi connectivity index (χ1) is 17.1. The molecule has 0 aromatic heterocycles. The summed E-state index contributed by atoms with van der Waals surface area (Å²) in [5.74, 6) is 0.179. The molecule has 0 radical (unpaired) electrons. The first-order valence-corrected chi connectivity index (χ1v) is 13.4. The van der Waals surface area contributed by atoms with Gasteiger partial charge in [0.25, 0.3) is 0 Å². The molecule has 3 aliphatic heterocycles. The number of hydrogen-bond acceptors (Lipinski definition) is 3. The molecule has 6 heteroatoms. The third-order valence-electron chi connectivity index (χ3n) is 8.07. The van der Waals surface area contributed by atoms with Crippen molar-refractivity contribution in [2.75, 3.05) is 37.6 Å². The summed E-state index contributed by atoms with van der Waals surface area (Å²) in [7, 11) is 0. The predicted octanol–water partition coefficient (Wildman–Crippen LogP) is 6.24. The van der Waals surface area contributed by atoms with Crippen LogP contribution in [0, 0.1) is 11.6 Å². The van der Waals surface area contributed by atoms with E-state index in [0.29, 0.717) is 5.91 Å². The highest BCUT2D eigenvalue weighted by atomic mass is 19.1. The summed E-state index contributed by atoms with van der Waals surface area (Å²) < 4.78 is 27.7. The molecule has 0 spiro atoms. The zero-order valence-electron chi connectivity index (χ0n) is 20.6. The monoisotopic (exact) mass is 481 g/mol. The number of likely N-dealkylation sites (tertiary alicyclic amines) is 2. The van der Waals surface area contributed by atoms with Gasteiger partial charge >= 0.3 is 0 Å². The minimum atomic E-state index is -0.237. The number of hydrogen-bond donors (Lipinski definition) is 0. The van der Waals surface area contributed by atoms with Gasteiger partial charge in [-0.2, -0.15) is 0 Å². The van der Waals surface area contributed by atoms with Crippen molar-refractivity contribution in [3.63, 3.8) is 0 Å². The molecule has 2 aromatic carbocycles. The van der Waals surface area contributed by atoms with Gasteiger partial charge in [-0.15, -0.1) is 0 Å². The quantitative estimate of drug-likeness (QED) is 0.397. The Hall–Kier alpha value is -2.47. The SMILES string of the molecule is O=C1CCCCN1CCCCCCCN1CCC2C(C1)c1cc(F)ccc1N2c1ccc(F)cc1. The maximum atomic E-state index is 14.2. The van der Waals surface area contributed by atoms with Gasteiger partial charge in [-0.3, -0.25) is 4.79 Å². The van der Waals surface area contributed by atoms with E-state index in [1.54, 1.807) is 6.07 Å². The Balaban J connectivity index is 1.11. The van der Waals surface area contributed by atoms with Crippen LogP contribution in [0.15, 0.2) is 42.5 Å². The molecule has 2 aromatic rings. The number of anilines is 2. The third-order valence-corrected chi connectivity index (χ3v) is 8.07. The van der Waals surface area contributed by atoms with Crippen LogP contribution in [0.25, 0.3) is 0 Å². The van der Waals surface area contributed by atoms with Crippen molar-refractivity contribution < 1.29 is 13.6 Å². The van der Waals surface area contributed by atoms with Crippen LogP contribution in [0.1, 0.15) is 69.3 Å². The molecule has 2 fully saturated rings. The summed E-state index contributed by atoms with van der Waals surface area (Å²) in [6.45, 7) is 4.92. The fourth-order valence-corrected chi connectivity index (χ4v) is 6.24. The summed E-state index contributed by atoms with van der Waals surface area (Å²) in [4.78, 5) is 18.8. The molecule has 0 aliphatic carbocycles. The Labute approximate surface area is 207 Å². The number of piperidine rings is 2. The highest BCUT2D eigenvalue weighted by molar-refractivity contribution is 5.76. The van der Waals surface area contributed by atoms with Crippen LogP contribution < -0.4 is 4.90 Å². The standard InChI is InChI=1S/C29H37F2N3O/c30-22-9-12-24(13-10-22)34-27-14-11-23(31)20-25(27)26-21-32(19-15-28(26)34)16-5-2-1-3-6-17-33-18-7-4-8-29(33)35/h9-14,20,26,28H,1-8,15-19,21H2. The van der Waals surface area contributed by atoms with Gasteiger partial charge in [0.05, 0.1) is 0 Å². The molecule has 2 unspecified atom stereocenters. The molecule has 0 bridgehead atoms. The number of nitrogens with zero attached hydrogens (tertiary/aromatic N) is 3. The molecule has 4 nitrogen and oxygen atoms in total. The van der Waals surface area contributed by atoms with Gasteiger partial charge in [0, 0.05) is 55.9 Å². The number of fused-ring (bicyclic) bond motifs is 3. The lowest BCUT2D eigenvalue weighted by Gasteiger charge is -2.39. The van der Waals surface area contributed by atoms with Gasteiger partial charge in [0.1, 0.15) is 11.6 Å². The topological polar surface area (TPSA) is 26.8 Å². The first kappa shape index (κ1) is 24.2. The fraction of sp³-hybridized carbons (Fsp3) is 0.552. The molecule has 3 heterocycles. The number of amides is 1. The van der Waals surface area contributed by atoms with E-state index in [1.807, 2.05) is 23.1 Å². The van der Waals surface area contributed by atoms with Crippen LogP contribution >= 0.6 is 0 Å². The van der Waals surface area contributed by atoms with E-state index in [4.69, 9.17) is 0 Å². The second-order valence-electron chi connectivity index (χ2n) is 10.4. The summed E-state index contributed by atoms with van der Waals surface area (Å²) in [5.41, 5.74) is 3.12. The zero-order valence-corrected chi connectivity index (χ0v) is 20.6. The van der Waals surface area contributed by atoms with E-state index in [-0.39, 0.29) is 23.6 Å². The Morgan fingerprint density at radius 3 is 2.37 bits per heavy atom. The fourth-order valence-electron chi connectivity index (χ4n) is 6.24. The highest BCUT2D eigenvalue weighted by Gasteiger charge is 2.42. The predicted molar refractivity (Wildman–Crippen MR) is 136 cm³/mol. The molecule has 0 saturated carbocycles. The second-order valence-corrected chi connectivity index (χ2v) is 10.4. The van der Waals surface area contributed by atoms with Crippen molar-refractivity contribution >= 4 is 17.3 Å². The average Bonchev–Trinajstić information content (AvgIpc) is 3.18. The van der Waals surface area contributed by atoms with E-state index in [1.165, 1.54) is 43.9 Å². The largest absolute Gasteiger partial charge is 0.343 e. The van der Waals surface area contributed by atoms with Gasteiger partial charge in [-0.05, 0) is 86.7 Å². The summed E-state index contributed by atoms with van der Waals surface area (Å²) in [6.07, 6.45) is 9.87. The Morgan fingerprint density at radius 1 is 0.829 bits per heavy atom. The van der Waals surface area contributed by atoms with Crippen LogP contribution in [-0.4, -0.2) is 54.5 Å². The van der Waals surface area contributed by atoms with Crippen LogP contribution in [0.3, 0.4) is 0 Å². The first-order valence-electron chi connectivity index (χ1n) is 13.4. The molecule has 0 N–H and O–H groups in total. The van der Waals surface area contributed by atoms with Gasteiger partial charge in [-0.25, -0.2) is 8.78 Å². The van der Waals surface area contributed by atoms with Crippen LogP contribution in [0.5, 0.6) is 0 Å². The van der Waals surface area contributed by atoms with Gasteiger partial charge in [0.15, 0.2) is 0 Å². The van der Waals surface area contributed by atoms with E-state index in [9.17, 15) is 13.6 Å². The number of benzene rings is 2. The van der Waals surface area contributed by atoms with Crippen molar-refractivity contribution in [3.8, 4) is 0 Å². The van der Waals surface area contributed by atoms with E-state index in [0.717, 1.165) is 81.8 Å². The number of halogens is 2. The van der Waals surface area contributed by atoms with Crippen LogP contribution in [0.4, 0.5) is 20.2 Å². The van der Waals surface area contributed by atoms with Crippen LogP contribution in [-0.2, 0) is 4.79 Å². The summed E-state index contributed by atoms with van der Waals surface area (Å²) in [5, 5.41) is 0. The molecule has 35 heavy (non-hydrogen) atoms. The van der Waals surface area contributed by atoms with Crippen molar-refractivity contribution in [2.45, 2.75) is 69.7 Å². The average molecular weight is 482 g/mol. The van der Waals surface area contributed by atoms with E-state index < -0.39 is 0 Å². The molecular weight excluding hydrogens is 444 g/mol. The minimum absolute atomic E-state index is 0.188. The molecule has 5 rings (SSSR count). The zero-order chi connectivity index (χ0) is 24.2. The van der Waals surface area contributed by atoms with E-state index >= 15 is 0 Å². The normalized spacial score (nSPS) is 22.4. The molecule has 2 atom stereocenters. The van der Waals surface area contributed by atoms with Gasteiger partial charge in [-0.1, -0.05) is 19.3 Å². The van der Waals surface area contributed by atoms with Crippen molar-refractivity contribution in [2.24, 2.45) is 0 Å². The highest BCUT2D eigenvalue weighted by Crippen LogP contribution is 2.48. The minimum Gasteiger partial charge on any atom is -0.343 e. The molecule has 2 saturated heterocycles. The van der Waals surface area contributed by atoms with Crippen molar-refractivity contribution in [3.05, 3.63) is 59.7 Å². The molecular formula is C29H37F2N3O. The summed E-state index contributed by atoms with van der Waals surface area (Å²) >= 11 is 0. The maximum Gasteiger partial charge on any atom is 0.222 e. The van der Waals surface area contributed by atoms with Crippen LogP contribution in [0.2, 0.25) is 0 Å². The number of rotatable bonds is 9. The van der Waals surface area contributed by atoms with Gasteiger partial charge < -0.3 is 14.7 Å². The Bertz CT molecular complexity index is 1010. The van der Waals surface area contributed by atoms with Gasteiger partial charge in [0.2, 0.25) is 5.91 Å². The molecule has 1 amide bonds. The molecule has 188 valence electrons. The lowest BCUT2D eigenvalue weighted by Crippen LogP contribution is -2.45. The Kier molecular flexibility index (Phi) is 7.66. The Morgan fingerprint density at radius 2 is 1.57 bits per heavy atom. The second kappa shape index (κ2) is 11.1. The van der Waals surface area contributed by atoms with Crippen molar-refractivity contribution in [1.29, 1.82) is 0 Å². The lowest BCUT2D eigenvalue weighted by molar-refractivity contribution is -0.133. The van der Waals surface area contributed by atoms with Crippen molar-refractivity contribution in [1.82, 2.24) is 9.80 Å².